The third kappa shape index (κ3) is 2.98. The Balaban J connectivity index is 1.79. The van der Waals surface area contributed by atoms with Crippen LogP contribution >= 0.6 is 0 Å². The third-order valence-electron chi connectivity index (χ3n) is 5.02. The molecule has 6 nitrogen and oxygen atoms in total. The van der Waals surface area contributed by atoms with Crippen molar-refractivity contribution in [3.63, 3.8) is 0 Å². The van der Waals surface area contributed by atoms with Crippen molar-refractivity contribution >= 4 is 28.7 Å². The number of ketones is 1. The number of allylic oxidation sites excluding steroid dienone is 1. The molecule has 0 saturated heterocycles. The van der Waals surface area contributed by atoms with Gasteiger partial charge < -0.3 is 21.1 Å². The molecule has 1 aliphatic heterocycles. The average Bonchev–Trinajstić information content (AvgIpc) is 2.98. The zero-order chi connectivity index (χ0) is 19.0. The van der Waals surface area contributed by atoms with Gasteiger partial charge in [0.2, 0.25) is 0 Å². The molecule has 6 heteroatoms. The fourth-order valence-corrected chi connectivity index (χ4v) is 3.86. The number of aliphatic carboxylic acids is 1. The molecule has 0 saturated carbocycles. The van der Waals surface area contributed by atoms with E-state index in [0.29, 0.717) is 13.1 Å². The summed E-state index contributed by atoms with van der Waals surface area (Å²) in [6, 6.07) is 13.4. The lowest BCUT2D eigenvalue weighted by molar-refractivity contribution is -0.134. The third-order valence-corrected chi connectivity index (χ3v) is 5.02. The molecule has 2 aliphatic rings. The van der Waals surface area contributed by atoms with Crippen LogP contribution in [0.5, 0.6) is 0 Å². The van der Waals surface area contributed by atoms with Crippen molar-refractivity contribution in [1.82, 2.24) is 4.90 Å². The molecule has 4 rings (SSSR count). The predicted molar refractivity (Wildman–Crippen MR) is 104 cm³/mol. The van der Waals surface area contributed by atoms with Crippen LogP contribution in [0.2, 0.25) is 0 Å². The number of nitrogens with zero attached hydrogens (tertiary/aromatic N) is 1. The molecule has 0 radical (unpaired) electrons. The summed E-state index contributed by atoms with van der Waals surface area (Å²) in [6.45, 7) is 1.87. The molecule has 27 heavy (non-hydrogen) atoms. The first-order chi connectivity index (χ1) is 13.1. The molecule has 0 amide bonds. The molecule has 0 fully saturated rings. The van der Waals surface area contributed by atoms with Crippen LogP contribution in [0.3, 0.4) is 0 Å². The molecule has 4 N–H and O–H groups in total. The molecule has 0 bridgehead atoms. The molecule has 0 spiro atoms. The van der Waals surface area contributed by atoms with Crippen LogP contribution in [0.1, 0.15) is 33.5 Å². The quantitative estimate of drug-likeness (QED) is 0.729. The first kappa shape index (κ1) is 17.3. The number of nitrogens with two attached hydrogens (primary N) is 1. The molecule has 1 aliphatic carbocycles. The molecule has 2 aromatic rings. The van der Waals surface area contributed by atoms with Gasteiger partial charge in [-0.05, 0) is 36.2 Å². The van der Waals surface area contributed by atoms with Gasteiger partial charge in [-0.1, -0.05) is 30.3 Å². The van der Waals surface area contributed by atoms with Gasteiger partial charge in [-0.25, -0.2) is 0 Å². The second kappa shape index (κ2) is 6.89. The molecular weight excluding hydrogens is 342 g/mol. The number of carboxylic acids is 1. The van der Waals surface area contributed by atoms with Crippen LogP contribution in [0, 0.1) is 0 Å². The van der Waals surface area contributed by atoms with Gasteiger partial charge in [0.05, 0.1) is 11.3 Å². The van der Waals surface area contributed by atoms with E-state index in [9.17, 15) is 9.59 Å². The standard InChI is InChI=1S/C21H21N3O3/c22-8-3-9-24-12-13-10-14(23-11-18(25)26)6-7-15(13)19-20(24)16-4-1-2-5-17(16)21(19)27/h1-2,4-7,10,23H,3,8-9,11-12,22H2,(H,25,26). The van der Waals surface area contributed by atoms with Crippen molar-refractivity contribution < 1.29 is 14.7 Å². The maximum absolute atomic E-state index is 13.1. The number of carbonyl (C=O) groups excluding carboxylic acids is 1. The molecule has 0 unspecified atom stereocenters. The minimum absolute atomic E-state index is 0.0468. The molecule has 1 heterocycles. The van der Waals surface area contributed by atoms with Crippen molar-refractivity contribution in [2.24, 2.45) is 5.73 Å². The number of fused-ring (bicyclic) bond motifs is 4. The van der Waals surface area contributed by atoms with Crippen LogP contribution in [-0.4, -0.2) is 41.4 Å². The minimum atomic E-state index is -0.913. The maximum atomic E-state index is 13.1. The Hall–Kier alpha value is -3.12. The first-order valence-electron chi connectivity index (χ1n) is 9.02. The Bertz CT molecular complexity index is 965. The Morgan fingerprint density at radius 3 is 2.67 bits per heavy atom. The number of anilines is 1. The van der Waals surface area contributed by atoms with Crippen LogP contribution in [-0.2, 0) is 11.3 Å². The van der Waals surface area contributed by atoms with Crippen LogP contribution in [0.25, 0.3) is 11.3 Å². The summed E-state index contributed by atoms with van der Waals surface area (Å²) in [4.78, 5) is 26.1. The highest BCUT2D eigenvalue weighted by Gasteiger charge is 2.37. The van der Waals surface area contributed by atoms with E-state index in [1.807, 2.05) is 42.5 Å². The van der Waals surface area contributed by atoms with Gasteiger partial charge in [0, 0.05) is 29.9 Å². The summed E-state index contributed by atoms with van der Waals surface area (Å²) < 4.78 is 0. The summed E-state index contributed by atoms with van der Waals surface area (Å²) in [5.41, 5.74) is 11.8. The highest BCUT2D eigenvalue weighted by molar-refractivity contribution is 6.40. The summed E-state index contributed by atoms with van der Waals surface area (Å²) >= 11 is 0. The highest BCUT2D eigenvalue weighted by Crippen LogP contribution is 2.45. The van der Waals surface area contributed by atoms with E-state index in [0.717, 1.165) is 52.2 Å². The van der Waals surface area contributed by atoms with Crippen molar-refractivity contribution in [1.29, 1.82) is 0 Å². The maximum Gasteiger partial charge on any atom is 0.322 e. The lowest BCUT2D eigenvalue weighted by Gasteiger charge is -2.33. The zero-order valence-corrected chi connectivity index (χ0v) is 14.9. The van der Waals surface area contributed by atoms with Gasteiger partial charge in [-0.15, -0.1) is 0 Å². The number of rotatable bonds is 6. The van der Waals surface area contributed by atoms with Crippen LogP contribution in [0.15, 0.2) is 42.5 Å². The molecular formula is C21H21N3O3. The average molecular weight is 363 g/mol. The number of nitrogens with one attached hydrogen (secondary N) is 1. The monoisotopic (exact) mass is 363 g/mol. The lowest BCUT2D eigenvalue weighted by atomic mass is 9.92. The molecule has 0 aromatic heterocycles. The van der Waals surface area contributed by atoms with Gasteiger partial charge in [0.15, 0.2) is 5.78 Å². The summed E-state index contributed by atoms with van der Waals surface area (Å²) in [6.07, 6.45) is 0.833. The van der Waals surface area contributed by atoms with Crippen LogP contribution < -0.4 is 11.1 Å². The van der Waals surface area contributed by atoms with Gasteiger partial charge >= 0.3 is 5.97 Å². The van der Waals surface area contributed by atoms with Gasteiger partial charge in [-0.2, -0.15) is 0 Å². The van der Waals surface area contributed by atoms with E-state index in [1.165, 1.54) is 0 Å². The lowest BCUT2D eigenvalue weighted by Crippen LogP contribution is -2.28. The number of benzene rings is 2. The first-order valence-corrected chi connectivity index (χ1v) is 9.02. The second-order valence-corrected chi connectivity index (χ2v) is 6.78. The van der Waals surface area contributed by atoms with Crippen molar-refractivity contribution in [2.45, 2.75) is 13.0 Å². The fourth-order valence-electron chi connectivity index (χ4n) is 3.86. The normalized spacial score (nSPS) is 14.7. The number of hydrogen-bond donors (Lipinski definition) is 3. The number of carboxylic acid groups (broad SMARTS) is 1. The fraction of sp³-hybridized carbons (Fsp3) is 0.238. The smallest absolute Gasteiger partial charge is 0.322 e. The SMILES string of the molecule is NCCCN1Cc2cc(NCC(=O)O)ccc2C2=C1c1ccccc1C2=O. The zero-order valence-electron chi connectivity index (χ0n) is 14.9. The molecule has 2 aromatic carbocycles. The predicted octanol–water partition coefficient (Wildman–Crippen LogP) is 2.41. The summed E-state index contributed by atoms with van der Waals surface area (Å²) in [7, 11) is 0. The Morgan fingerprint density at radius 1 is 1.15 bits per heavy atom. The summed E-state index contributed by atoms with van der Waals surface area (Å²) in [5, 5.41) is 11.8. The van der Waals surface area contributed by atoms with E-state index in [1.54, 1.807) is 0 Å². The van der Waals surface area contributed by atoms with Crippen molar-refractivity contribution in [3.05, 3.63) is 64.7 Å². The van der Waals surface area contributed by atoms with E-state index >= 15 is 0 Å². The highest BCUT2D eigenvalue weighted by atomic mass is 16.4. The number of carbonyl (C=O) groups is 2. The van der Waals surface area contributed by atoms with Gasteiger partial charge in [0.1, 0.15) is 6.54 Å². The van der Waals surface area contributed by atoms with E-state index in [-0.39, 0.29) is 12.3 Å². The largest absolute Gasteiger partial charge is 0.480 e. The van der Waals surface area contributed by atoms with E-state index in [4.69, 9.17) is 10.8 Å². The molecule has 0 atom stereocenters. The molecule has 138 valence electrons. The Labute approximate surface area is 157 Å². The van der Waals surface area contributed by atoms with E-state index < -0.39 is 5.97 Å². The van der Waals surface area contributed by atoms with Crippen LogP contribution in [0.4, 0.5) is 5.69 Å². The second-order valence-electron chi connectivity index (χ2n) is 6.78. The number of Topliss-reactive ketones (excluding diaryl/α,β-unsaturated/α-hetero) is 1. The van der Waals surface area contributed by atoms with E-state index in [2.05, 4.69) is 10.2 Å². The summed E-state index contributed by atoms with van der Waals surface area (Å²) in [5.74, 6) is -0.866. The van der Waals surface area contributed by atoms with Crippen molar-refractivity contribution in [3.8, 4) is 0 Å². The minimum Gasteiger partial charge on any atom is -0.480 e. The van der Waals surface area contributed by atoms with Gasteiger partial charge in [0.25, 0.3) is 0 Å². The Kier molecular flexibility index (Phi) is 4.41. The van der Waals surface area contributed by atoms with Crippen molar-refractivity contribution in [2.75, 3.05) is 25.0 Å². The Morgan fingerprint density at radius 2 is 1.93 bits per heavy atom. The number of hydrogen-bond acceptors (Lipinski definition) is 5. The van der Waals surface area contributed by atoms with Gasteiger partial charge in [-0.3, -0.25) is 9.59 Å². The topological polar surface area (TPSA) is 95.7 Å².